The maximum absolute atomic E-state index is 12.1. The minimum Gasteiger partial charge on any atom is -0.486 e. The maximum atomic E-state index is 12.1. The highest BCUT2D eigenvalue weighted by atomic mass is 35.5. The molecule has 1 aliphatic heterocycles. The van der Waals surface area contributed by atoms with Gasteiger partial charge in [-0.05, 0) is 52.2 Å². The Morgan fingerprint density at radius 3 is 3.00 bits per heavy atom. The quantitative estimate of drug-likeness (QED) is 0.755. The summed E-state index contributed by atoms with van der Waals surface area (Å²) in [6, 6.07) is 6.06. The van der Waals surface area contributed by atoms with Crippen LogP contribution in [0.15, 0.2) is 33.6 Å². The summed E-state index contributed by atoms with van der Waals surface area (Å²) in [6.45, 7) is 2.02. The fraction of sp³-hybridized carbons (Fsp3) is 0.235. The van der Waals surface area contributed by atoms with Gasteiger partial charge in [0, 0.05) is 12.0 Å². The van der Waals surface area contributed by atoms with E-state index in [9.17, 15) is 4.79 Å². The standard InChI is InChI=1S/C17H14ClN3O3S/c1-9-15(21-24-20-9)17(22)19-7-13-5-12-4-11(10-2-3-25-8-10)6-14(18)16(12)23-13/h2-4,6,8,13H,5,7H2,1H3,(H,19,22)/t13-/m1/s1. The van der Waals surface area contributed by atoms with Crippen LogP contribution < -0.4 is 10.1 Å². The van der Waals surface area contributed by atoms with Crippen molar-refractivity contribution in [1.82, 2.24) is 15.6 Å². The Labute approximate surface area is 152 Å². The predicted octanol–water partition coefficient (Wildman–Crippen LogP) is 3.49. The molecule has 3 aromatic rings. The smallest absolute Gasteiger partial charge is 0.275 e. The Bertz CT molecular complexity index is 923. The summed E-state index contributed by atoms with van der Waals surface area (Å²) in [4.78, 5) is 12.1. The minimum absolute atomic E-state index is 0.172. The zero-order chi connectivity index (χ0) is 17.4. The zero-order valence-corrected chi connectivity index (χ0v) is 14.9. The highest BCUT2D eigenvalue weighted by Crippen LogP contribution is 2.39. The summed E-state index contributed by atoms with van der Waals surface area (Å²) in [5.74, 6) is 0.363. The van der Waals surface area contributed by atoms with Gasteiger partial charge in [0.1, 0.15) is 17.5 Å². The van der Waals surface area contributed by atoms with Crippen LogP contribution in [0.4, 0.5) is 0 Å². The van der Waals surface area contributed by atoms with E-state index in [-0.39, 0.29) is 17.7 Å². The van der Waals surface area contributed by atoms with Gasteiger partial charge in [-0.15, -0.1) is 0 Å². The molecule has 6 nitrogen and oxygen atoms in total. The van der Waals surface area contributed by atoms with E-state index in [0.717, 1.165) is 16.7 Å². The molecule has 2 aromatic heterocycles. The molecule has 0 bridgehead atoms. The Morgan fingerprint density at radius 1 is 1.40 bits per heavy atom. The Kier molecular flexibility index (Phi) is 4.19. The van der Waals surface area contributed by atoms with Crippen molar-refractivity contribution in [2.75, 3.05) is 6.54 Å². The van der Waals surface area contributed by atoms with E-state index in [1.807, 2.05) is 11.4 Å². The second-order valence-electron chi connectivity index (χ2n) is 5.81. The van der Waals surface area contributed by atoms with Gasteiger partial charge < -0.3 is 10.1 Å². The Hall–Kier alpha value is -2.38. The van der Waals surface area contributed by atoms with Gasteiger partial charge >= 0.3 is 0 Å². The molecule has 25 heavy (non-hydrogen) atoms. The number of aryl methyl sites for hydroxylation is 1. The highest BCUT2D eigenvalue weighted by Gasteiger charge is 2.27. The third kappa shape index (κ3) is 3.12. The fourth-order valence-electron chi connectivity index (χ4n) is 2.82. The van der Waals surface area contributed by atoms with E-state index in [4.69, 9.17) is 16.3 Å². The molecule has 0 unspecified atom stereocenters. The monoisotopic (exact) mass is 375 g/mol. The number of hydrogen-bond donors (Lipinski definition) is 1. The van der Waals surface area contributed by atoms with Gasteiger partial charge in [-0.2, -0.15) is 11.3 Å². The first kappa shape index (κ1) is 16.1. The number of carbonyl (C=O) groups excluding carboxylic acids is 1. The molecule has 1 atom stereocenters. The van der Waals surface area contributed by atoms with E-state index in [0.29, 0.717) is 29.4 Å². The number of aromatic nitrogens is 2. The van der Waals surface area contributed by atoms with E-state index >= 15 is 0 Å². The number of nitrogens with one attached hydrogen (secondary N) is 1. The summed E-state index contributed by atoms with van der Waals surface area (Å²) >= 11 is 8.03. The largest absolute Gasteiger partial charge is 0.486 e. The first-order valence-corrected chi connectivity index (χ1v) is 9.03. The minimum atomic E-state index is -0.330. The molecule has 0 saturated heterocycles. The molecular weight excluding hydrogens is 362 g/mol. The SMILES string of the molecule is Cc1nonc1C(=O)NC[C@H]1Cc2cc(-c3ccsc3)cc(Cl)c2O1. The number of amides is 1. The third-order valence-corrected chi connectivity index (χ3v) is 5.03. The molecule has 0 aliphatic carbocycles. The summed E-state index contributed by atoms with van der Waals surface area (Å²) in [7, 11) is 0. The van der Waals surface area contributed by atoms with Crippen LogP contribution in [0.5, 0.6) is 5.75 Å². The van der Waals surface area contributed by atoms with Gasteiger partial charge in [0.25, 0.3) is 5.91 Å². The summed E-state index contributed by atoms with van der Waals surface area (Å²) < 4.78 is 10.4. The fourth-order valence-corrected chi connectivity index (χ4v) is 3.77. The maximum Gasteiger partial charge on any atom is 0.275 e. The molecule has 0 fully saturated rings. The van der Waals surface area contributed by atoms with Gasteiger partial charge in [-0.1, -0.05) is 16.8 Å². The molecular formula is C17H14ClN3O3S. The van der Waals surface area contributed by atoms with Gasteiger partial charge in [-0.3, -0.25) is 4.79 Å². The number of carbonyl (C=O) groups is 1. The van der Waals surface area contributed by atoms with Crippen LogP contribution in [0.2, 0.25) is 5.02 Å². The van der Waals surface area contributed by atoms with Crippen LogP contribution >= 0.6 is 22.9 Å². The van der Waals surface area contributed by atoms with Crippen molar-refractivity contribution >= 4 is 28.8 Å². The average molecular weight is 376 g/mol. The van der Waals surface area contributed by atoms with Crippen LogP contribution in [0.1, 0.15) is 21.7 Å². The molecule has 1 aromatic carbocycles. The number of ether oxygens (including phenoxy) is 1. The highest BCUT2D eigenvalue weighted by molar-refractivity contribution is 7.08. The molecule has 0 radical (unpaired) electrons. The number of thiophene rings is 1. The number of halogens is 1. The first-order chi connectivity index (χ1) is 12.1. The van der Waals surface area contributed by atoms with Crippen molar-refractivity contribution in [3.63, 3.8) is 0 Å². The molecule has 8 heteroatoms. The second-order valence-corrected chi connectivity index (χ2v) is 7.00. The van der Waals surface area contributed by atoms with Gasteiger partial charge in [0.2, 0.25) is 0 Å². The van der Waals surface area contributed by atoms with Gasteiger partial charge in [0.15, 0.2) is 5.69 Å². The van der Waals surface area contributed by atoms with Crippen molar-refractivity contribution in [2.45, 2.75) is 19.4 Å². The molecule has 4 rings (SSSR count). The summed E-state index contributed by atoms with van der Waals surface area (Å²) in [5.41, 5.74) is 3.90. The Morgan fingerprint density at radius 2 is 2.28 bits per heavy atom. The van der Waals surface area contributed by atoms with Crippen LogP contribution in [-0.4, -0.2) is 28.9 Å². The summed E-state index contributed by atoms with van der Waals surface area (Å²) in [5, 5.41) is 14.7. The normalized spacial score (nSPS) is 15.7. The van der Waals surface area contributed by atoms with Gasteiger partial charge in [-0.25, -0.2) is 4.63 Å². The van der Waals surface area contributed by atoms with Crippen LogP contribution in [0, 0.1) is 6.92 Å². The average Bonchev–Trinajstić information content (AvgIpc) is 3.32. The van der Waals surface area contributed by atoms with E-state index < -0.39 is 0 Å². The number of fused-ring (bicyclic) bond motifs is 1. The molecule has 3 heterocycles. The molecule has 0 spiro atoms. The van der Waals surface area contributed by atoms with Gasteiger partial charge in [0.05, 0.1) is 11.6 Å². The van der Waals surface area contributed by atoms with E-state index in [2.05, 4.69) is 37.8 Å². The third-order valence-electron chi connectivity index (χ3n) is 4.07. The number of hydrogen-bond acceptors (Lipinski definition) is 6. The number of rotatable bonds is 4. The number of nitrogens with zero attached hydrogens (tertiary/aromatic N) is 2. The zero-order valence-electron chi connectivity index (χ0n) is 13.3. The van der Waals surface area contributed by atoms with Crippen LogP contribution in [-0.2, 0) is 6.42 Å². The lowest BCUT2D eigenvalue weighted by atomic mass is 10.0. The van der Waals surface area contributed by atoms with Crippen LogP contribution in [0.3, 0.4) is 0 Å². The van der Waals surface area contributed by atoms with Crippen molar-refractivity contribution in [3.8, 4) is 16.9 Å². The topological polar surface area (TPSA) is 77.2 Å². The van der Waals surface area contributed by atoms with Crippen LogP contribution in [0.25, 0.3) is 11.1 Å². The molecule has 1 N–H and O–H groups in total. The van der Waals surface area contributed by atoms with Crippen molar-refractivity contribution in [2.24, 2.45) is 0 Å². The van der Waals surface area contributed by atoms with E-state index in [1.165, 1.54) is 0 Å². The lowest BCUT2D eigenvalue weighted by molar-refractivity contribution is 0.0923. The van der Waals surface area contributed by atoms with Crippen molar-refractivity contribution in [3.05, 3.63) is 50.9 Å². The summed E-state index contributed by atoms with van der Waals surface area (Å²) in [6.07, 6.45) is 0.512. The molecule has 128 valence electrons. The lowest BCUT2D eigenvalue weighted by Gasteiger charge is -2.11. The molecule has 0 saturated carbocycles. The predicted molar refractivity (Wildman–Crippen MR) is 94.3 cm³/mol. The molecule has 1 aliphatic rings. The second kappa shape index (κ2) is 6.50. The lowest BCUT2D eigenvalue weighted by Crippen LogP contribution is -2.34. The van der Waals surface area contributed by atoms with Crippen molar-refractivity contribution < 1.29 is 14.2 Å². The Balaban J connectivity index is 1.45. The molecule has 1 amide bonds. The van der Waals surface area contributed by atoms with E-state index in [1.54, 1.807) is 18.3 Å². The number of benzene rings is 1. The first-order valence-electron chi connectivity index (χ1n) is 7.71. The van der Waals surface area contributed by atoms with Crippen molar-refractivity contribution in [1.29, 1.82) is 0 Å².